The molecule has 3 aliphatic rings. The van der Waals surface area contributed by atoms with Crippen LogP contribution in [0.15, 0.2) is 0 Å². The molecule has 0 radical (unpaired) electrons. The maximum atomic E-state index is 11.4. The average molecular weight is 237 g/mol. The Morgan fingerprint density at radius 1 is 1.35 bits per heavy atom. The van der Waals surface area contributed by atoms with Crippen LogP contribution in [0.25, 0.3) is 0 Å². The molecule has 0 amide bonds. The van der Waals surface area contributed by atoms with Gasteiger partial charge in [-0.05, 0) is 56.8 Å². The molecule has 0 aliphatic heterocycles. The third-order valence-electron chi connectivity index (χ3n) is 4.99. The Morgan fingerprint density at radius 2 is 2.00 bits per heavy atom. The summed E-state index contributed by atoms with van der Waals surface area (Å²) < 4.78 is 4.98. The second-order valence-corrected chi connectivity index (χ2v) is 6.09. The van der Waals surface area contributed by atoms with Gasteiger partial charge >= 0.3 is 5.97 Å². The van der Waals surface area contributed by atoms with Crippen molar-refractivity contribution in [3.05, 3.63) is 0 Å². The number of ether oxygens (including phenoxy) is 1. The number of nitrogens with one attached hydrogen (secondary N) is 1. The van der Waals surface area contributed by atoms with Gasteiger partial charge in [-0.15, -0.1) is 0 Å². The SMILES string of the molecule is CCOC(=O)CC(C)NC1C2C3CCC(C3)C12. The number of rotatable bonds is 5. The van der Waals surface area contributed by atoms with Crippen molar-refractivity contribution in [2.45, 2.75) is 51.6 Å². The lowest BCUT2D eigenvalue weighted by Crippen LogP contribution is -2.34. The van der Waals surface area contributed by atoms with Gasteiger partial charge in [0.05, 0.1) is 13.0 Å². The molecule has 5 atom stereocenters. The predicted octanol–water partition coefficient (Wildman–Crippen LogP) is 1.96. The fraction of sp³-hybridized carbons (Fsp3) is 0.929. The molecular weight excluding hydrogens is 214 g/mol. The molecule has 3 rings (SSSR count). The molecule has 1 N–H and O–H groups in total. The van der Waals surface area contributed by atoms with Crippen LogP contribution in [-0.2, 0) is 9.53 Å². The van der Waals surface area contributed by atoms with Crippen LogP contribution in [0.4, 0.5) is 0 Å². The smallest absolute Gasteiger partial charge is 0.307 e. The summed E-state index contributed by atoms with van der Waals surface area (Å²) in [6.45, 7) is 4.45. The van der Waals surface area contributed by atoms with E-state index in [9.17, 15) is 4.79 Å². The van der Waals surface area contributed by atoms with Crippen LogP contribution in [0.5, 0.6) is 0 Å². The Bertz CT molecular complexity index is 301. The molecule has 0 aromatic heterocycles. The second-order valence-electron chi connectivity index (χ2n) is 6.09. The summed E-state index contributed by atoms with van der Waals surface area (Å²) in [6, 6.07) is 0.981. The predicted molar refractivity (Wildman–Crippen MR) is 65.4 cm³/mol. The number of fused-ring (bicyclic) bond motifs is 5. The number of hydrogen-bond donors (Lipinski definition) is 1. The van der Waals surface area contributed by atoms with E-state index in [-0.39, 0.29) is 12.0 Å². The third kappa shape index (κ3) is 1.99. The van der Waals surface area contributed by atoms with Crippen molar-refractivity contribution in [3.8, 4) is 0 Å². The standard InChI is InChI=1S/C14H23NO2/c1-3-17-11(16)6-8(2)15-14-12-9-4-5-10(7-9)13(12)14/h8-10,12-15H,3-7H2,1-2H3. The first-order valence-corrected chi connectivity index (χ1v) is 7.12. The molecule has 3 saturated carbocycles. The lowest BCUT2D eigenvalue weighted by atomic mass is 10.0. The number of hydrogen-bond acceptors (Lipinski definition) is 3. The van der Waals surface area contributed by atoms with Crippen LogP contribution in [-0.4, -0.2) is 24.7 Å². The van der Waals surface area contributed by atoms with Crippen molar-refractivity contribution in [1.29, 1.82) is 0 Å². The first-order chi connectivity index (χ1) is 8.20. The largest absolute Gasteiger partial charge is 0.466 e. The summed E-state index contributed by atoms with van der Waals surface area (Å²) in [5, 5.41) is 3.65. The van der Waals surface area contributed by atoms with E-state index in [0.29, 0.717) is 19.1 Å². The monoisotopic (exact) mass is 237 g/mol. The van der Waals surface area contributed by atoms with E-state index in [1.165, 1.54) is 19.3 Å². The van der Waals surface area contributed by atoms with Gasteiger partial charge in [0.1, 0.15) is 0 Å². The quantitative estimate of drug-likeness (QED) is 0.743. The normalized spacial score (nSPS) is 43.3. The van der Waals surface area contributed by atoms with Crippen molar-refractivity contribution in [3.63, 3.8) is 0 Å². The van der Waals surface area contributed by atoms with Gasteiger partial charge in [0.25, 0.3) is 0 Å². The Balaban J connectivity index is 1.45. The van der Waals surface area contributed by atoms with E-state index in [1.807, 2.05) is 6.92 Å². The first-order valence-electron chi connectivity index (χ1n) is 7.12. The minimum Gasteiger partial charge on any atom is -0.466 e. The second kappa shape index (κ2) is 4.27. The summed E-state index contributed by atoms with van der Waals surface area (Å²) in [6.07, 6.45) is 4.91. The van der Waals surface area contributed by atoms with E-state index in [1.54, 1.807) is 0 Å². The molecular formula is C14H23NO2. The highest BCUT2D eigenvalue weighted by Crippen LogP contribution is 2.65. The van der Waals surface area contributed by atoms with Crippen LogP contribution in [0, 0.1) is 23.7 Å². The van der Waals surface area contributed by atoms with E-state index in [0.717, 1.165) is 23.7 Å². The zero-order valence-corrected chi connectivity index (χ0v) is 10.8. The highest BCUT2D eigenvalue weighted by Gasteiger charge is 2.64. The minimum atomic E-state index is -0.0683. The molecule has 2 bridgehead atoms. The molecule has 3 nitrogen and oxygen atoms in total. The fourth-order valence-electron chi connectivity index (χ4n) is 4.41. The minimum absolute atomic E-state index is 0.0683. The Morgan fingerprint density at radius 3 is 2.59 bits per heavy atom. The Labute approximate surface area is 103 Å². The zero-order valence-electron chi connectivity index (χ0n) is 10.8. The van der Waals surface area contributed by atoms with E-state index in [2.05, 4.69) is 12.2 Å². The molecule has 0 spiro atoms. The number of carbonyl (C=O) groups is 1. The van der Waals surface area contributed by atoms with Gasteiger partial charge in [-0.3, -0.25) is 4.79 Å². The summed E-state index contributed by atoms with van der Waals surface area (Å²) in [4.78, 5) is 11.4. The Hall–Kier alpha value is -0.570. The van der Waals surface area contributed by atoms with Gasteiger partial charge in [-0.1, -0.05) is 0 Å². The van der Waals surface area contributed by atoms with Gasteiger partial charge in [0.15, 0.2) is 0 Å². The molecule has 0 aromatic carbocycles. The summed E-state index contributed by atoms with van der Waals surface area (Å²) in [7, 11) is 0. The van der Waals surface area contributed by atoms with Gasteiger partial charge < -0.3 is 10.1 Å². The topological polar surface area (TPSA) is 38.3 Å². The van der Waals surface area contributed by atoms with Crippen LogP contribution in [0.1, 0.15) is 39.5 Å². The van der Waals surface area contributed by atoms with Crippen LogP contribution < -0.4 is 5.32 Å². The molecule has 3 heteroatoms. The molecule has 0 heterocycles. The zero-order chi connectivity index (χ0) is 12.0. The van der Waals surface area contributed by atoms with Gasteiger partial charge in [0.2, 0.25) is 0 Å². The molecule has 3 aliphatic carbocycles. The van der Waals surface area contributed by atoms with Crippen molar-refractivity contribution in [2.75, 3.05) is 6.61 Å². The highest BCUT2D eigenvalue weighted by molar-refractivity contribution is 5.70. The lowest BCUT2D eigenvalue weighted by Gasteiger charge is -2.16. The Kier molecular flexibility index (Phi) is 2.89. The van der Waals surface area contributed by atoms with Crippen molar-refractivity contribution < 1.29 is 9.53 Å². The van der Waals surface area contributed by atoms with Crippen LogP contribution >= 0.6 is 0 Å². The number of esters is 1. The van der Waals surface area contributed by atoms with Crippen LogP contribution in [0.3, 0.4) is 0 Å². The summed E-state index contributed by atoms with van der Waals surface area (Å²) in [5.41, 5.74) is 0. The van der Waals surface area contributed by atoms with Gasteiger partial charge in [-0.2, -0.15) is 0 Å². The van der Waals surface area contributed by atoms with Crippen LogP contribution in [0.2, 0.25) is 0 Å². The van der Waals surface area contributed by atoms with E-state index in [4.69, 9.17) is 4.74 Å². The van der Waals surface area contributed by atoms with Crippen molar-refractivity contribution in [1.82, 2.24) is 5.32 Å². The molecule has 3 fully saturated rings. The average Bonchev–Trinajstić information content (AvgIpc) is 2.70. The molecule has 0 aromatic rings. The summed E-state index contributed by atoms with van der Waals surface area (Å²) in [5.74, 6) is 3.81. The molecule has 5 unspecified atom stereocenters. The molecule has 17 heavy (non-hydrogen) atoms. The van der Waals surface area contributed by atoms with Crippen molar-refractivity contribution >= 4 is 5.97 Å². The summed E-state index contributed by atoms with van der Waals surface area (Å²) >= 11 is 0. The fourth-order valence-corrected chi connectivity index (χ4v) is 4.41. The number of carbonyl (C=O) groups excluding carboxylic acids is 1. The third-order valence-corrected chi connectivity index (χ3v) is 4.99. The van der Waals surface area contributed by atoms with E-state index >= 15 is 0 Å². The van der Waals surface area contributed by atoms with Gasteiger partial charge in [0, 0.05) is 12.1 Å². The maximum absolute atomic E-state index is 11.4. The molecule has 96 valence electrons. The lowest BCUT2D eigenvalue weighted by molar-refractivity contribution is -0.143. The van der Waals surface area contributed by atoms with Gasteiger partial charge in [-0.25, -0.2) is 0 Å². The van der Waals surface area contributed by atoms with Crippen molar-refractivity contribution in [2.24, 2.45) is 23.7 Å². The molecule has 0 saturated heterocycles. The maximum Gasteiger partial charge on any atom is 0.307 e. The first kappa shape index (κ1) is 11.5. The highest BCUT2D eigenvalue weighted by atomic mass is 16.5. The van der Waals surface area contributed by atoms with E-state index < -0.39 is 0 Å².